The second-order valence-electron chi connectivity index (χ2n) is 4.71. The highest BCUT2D eigenvalue weighted by Crippen LogP contribution is 2.16. The molecule has 3 nitrogen and oxygen atoms in total. The van der Waals surface area contributed by atoms with Crippen LogP contribution in [0, 0.1) is 0 Å². The molecule has 0 aliphatic carbocycles. The molecule has 1 aliphatic rings. The molecule has 1 heterocycles. The van der Waals surface area contributed by atoms with Gasteiger partial charge in [0.25, 0.3) is 0 Å². The fraction of sp³-hybridized carbons (Fsp3) is 0.571. The van der Waals surface area contributed by atoms with Gasteiger partial charge in [0, 0.05) is 19.1 Å². The number of ether oxygens (including phenoxy) is 1. The van der Waals surface area contributed by atoms with Crippen LogP contribution in [0.4, 0.5) is 0 Å². The number of hydrogen-bond donors (Lipinski definition) is 1. The standard InChI is InChI=1S/C14H22N2O.ClH/c1-2-17-14-7-5-12(6-8-14)10-16-9-3-4-13(15)11-16;/h5-8,13H,2-4,9-11,15H2,1H3;1H. The quantitative estimate of drug-likeness (QED) is 0.913. The molecule has 1 fully saturated rings. The maximum Gasteiger partial charge on any atom is 0.119 e. The van der Waals surface area contributed by atoms with E-state index < -0.39 is 0 Å². The summed E-state index contributed by atoms with van der Waals surface area (Å²) >= 11 is 0. The van der Waals surface area contributed by atoms with Crippen LogP contribution >= 0.6 is 12.4 Å². The number of benzene rings is 1. The van der Waals surface area contributed by atoms with Crippen molar-refractivity contribution in [3.05, 3.63) is 29.8 Å². The summed E-state index contributed by atoms with van der Waals surface area (Å²) in [5, 5.41) is 0. The van der Waals surface area contributed by atoms with Crippen molar-refractivity contribution in [2.24, 2.45) is 5.73 Å². The summed E-state index contributed by atoms with van der Waals surface area (Å²) in [6, 6.07) is 8.73. The number of halogens is 1. The Balaban J connectivity index is 0.00000162. The van der Waals surface area contributed by atoms with Crippen molar-refractivity contribution < 1.29 is 4.74 Å². The zero-order chi connectivity index (χ0) is 12.1. The molecule has 1 aromatic carbocycles. The van der Waals surface area contributed by atoms with E-state index in [2.05, 4.69) is 17.0 Å². The smallest absolute Gasteiger partial charge is 0.119 e. The van der Waals surface area contributed by atoms with E-state index in [4.69, 9.17) is 10.5 Å². The molecule has 0 amide bonds. The van der Waals surface area contributed by atoms with Crippen molar-refractivity contribution in [2.75, 3.05) is 19.7 Å². The monoisotopic (exact) mass is 270 g/mol. The first-order valence-electron chi connectivity index (χ1n) is 6.47. The van der Waals surface area contributed by atoms with E-state index in [1.165, 1.54) is 24.9 Å². The first kappa shape index (κ1) is 15.3. The van der Waals surface area contributed by atoms with E-state index in [0.29, 0.717) is 6.04 Å². The summed E-state index contributed by atoms with van der Waals surface area (Å²) in [6.45, 7) is 5.91. The Morgan fingerprint density at radius 3 is 2.67 bits per heavy atom. The predicted molar refractivity (Wildman–Crippen MR) is 77.3 cm³/mol. The van der Waals surface area contributed by atoms with E-state index in [0.717, 1.165) is 25.4 Å². The minimum Gasteiger partial charge on any atom is -0.494 e. The van der Waals surface area contributed by atoms with E-state index in [9.17, 15) is 0 Å². The summed E-state index contributed by atoms with van der Waals surface area (Å²) in [5.41, 5.74) is 7.32. The van der Waals surface area contributed by atoms with Crippen molar-refractivity contribution in [1.82, 2.24) is 4.90 Å². The number of rotatable bonds is 4. The van der Waals surface area contributed by atoms with Crippen LogP contribution in [0.2, 0.25) is 0 Å². The normalized spacial score (nSPS) is 20.2. The third-order valence-corrected chi connectivity index (χ3v) is 3.18. The summed E-state index contributed by atoms with van der Waals surface area (Å²) in [4.78, 5) is 2.43. The van der Waals surface area contributed by atoms with Crippen LogP contribution in [-0.4, -0.2) is 30.6 Å². The van der Waals surface area contributed by atoms with Crippen LogP contribution in [0.15, 0.2) is 24.3 Å². The SMILES string of the molecule is CCOc1ccc(CN2CCCC(N)C2)cc1.Cl. The Bertz CT molecular complexity index is 342. The van der Waals surface area contributed by atoms with Crippen LogP contribution in [-0.2, 0) is 6.54 Å². The molecule has 0 radical (unpaired) electrons. The van der Waals surface area contributed by atoms with Crippen LogP contribution in [0.3, 0.4) is 0 Å². The third kappa shape index (κ3) is 4.48. The Morgan fingerprint density at radius 1 is 1.33 bits per heavy atom. The highest BCUT2D eigenvalue weighted by Gasteiger charge is 2.16. The van der Waals surface area contributed by atoms with Gasteiger partial charge in [0.1, 0.15) is 5.75 Å². The molecule has 18 heavy (non-hydrogen) atoms. The minimum absolute atomic E-state index is 0. The van der Waals surface area contributed by atoms with E-state index in [-0.39, 0.29) is 12.4 Å². The summed E-state index contributed by atoms with van der Waals surface area (Å²) in [5.74, 6) is 0.951. The van der Waals surface area contributed by atoms with Gasteiger partial charge in [-0.2, -0.15) is 0 Å². The molecule has 1 aliphatic heterocycles. The van der Waals surface area contributed by atoms with Gasteiger partial charge in [0.2, 0.25) is 0 Å². The van der Waals surface area contributed by atoms with Gasteiger partial charge in [-0.1, -0.05) is 12.1 Å². The highest BCUT2D eigenvalue weighted by molar-refractivity contribution is 5.85. The van der Waals surface area contributed by atoms with E-state index >= 15 is 0 Å². The largest absolute Gasteiger partial charge is 0.494 e. The summed E-state index contributed by atoms with van der Waals surface area (Å²) in [6.07, 6.45) is 2.39. The molecule has 2 rings (SSSR count). The molecule has 1 unspecified atom stereocenters. The number of hydrogen-bond acceptors (Lipinski definition) is 3. The molecule has 0 aromatic heterocycles. The Kier molecular flexibility index (Phi) is 6.47. The molecule has 0 spiro atoms. The summed E-state index contributed by atoms with van der Waals surface area (Å²) < 4.78 is 5.43. The average Bonchev–Trinajstić information content (AvgIpc) is 2.32. The molecule has 1 aromatic rings. The molecular weight excluding hydrogens is 248 g/mol. The van der Waals surface area contributed by atoms with Gasteiger partial charge in [-0.05, 0) is 44.0 Å². The van der Waals surface area contributed by atoms with Crippen molar-refractivity contribution >= 4 is 12.4 Å². The molecule has 1 atom stereocenters. The van der Waals surface area contributed by atoms with Crippen molar-refractivity contribution in [3.8, 4) is 5.75 Å². The van der Waals surface area contributed by atoms with Gasteiger partial charge in [0.15, 0.2) is 0 Å². The molecule has 0 saturated carbocycles. The van der Waals surface area contributed by atoms with E-state index in [1.807, 2.05) is 19.1 Å². The molecule has 0 bridgehead atoms. The summed E-state index contributed by atoms with van der Waals surface area (Å²) in [7, 11) is 0. The van der Waals surface area contributed by atoms with Gasteiger partial charge in [-0.3, -0.25) is 4.90 Å². The van der Waals surface area contributed by atoms with Crippen LogP contribution < -0.4 is 10.5 Å². The lowest BCUT2D eigenvalue weighted by Crippen LogP contribution is -2.42. The highest BCUT2D eigenvalue weighted by atomic mass is 35.5. The third-order valence-electron chi connectivity index (χ3n) is 3.18. The Labute approximate surface area is 116 Å². The first-order chi connectivity index (χ1) is 8.28. The maximum atomic E-state index is 5.98. The van der Waals surface area contributed by atoms with E-state index in [1.54, 1.807) is 0 Å². The molecule has 102 valence electrons. The lowest BCUT2D eigenvalue weighted by Gasteiger charge is -2.30. The van der Waals surface area contributed by atoms with Crippen LogP contribution in [0.1, 0.15) is 25.3 Å². The van der Waals surface area contributed by atoms with Gasteiger partial charge < -0.3 is 10.5 Å². The van der Waals surface area contributed by atoms with Crippen molar-refractivity contribution in [1.29, 1.82) is 0 Å². The Morgan fingerprint density at radius 2 is 2.06 bits per heavy atom. The lowest BCUT2D eigenvalue weighted by atomic mass is 10.1. The second kappa shape index (κ2) is 7.62. The van der Waals surface area contributed by atoms with Gasteiger partial charge in [-0.15, -0.1) is 12.4 Å². The van der Waals surface area contributed by atoms with Crippen LogP contribution in [0.5, 0.6) is 5.75 Å². The van der Waals surface area contributed by atoms with Crippen molar-refractivity contribution in [2.45, 2.75) is 32.4 Å². The maximum absolute atomic E-state index is 5.98. The van der Waals surface area contributed by atoms with Gasteiger partial charge >= 0.3 is 0 Å². The Hall–Kier alpha value is -0.770. The zero-order valence-corrected chi connectivity index (χ0v) is 11.8. The van der Waals surface area contributed by atoms with Gasteiger partial charge in [-0.25, -0.2) is 0 Å². The second-order valence-corrected chi connectivity index (χ2v) is 4.71. The average molecular weight is 271 g/mol. The zero-order valence-electron chi connectivity index (χ0n) is 11.0. The van der Waals surface area contributed by atoms with Crippen molar-refractivity contribution in [3.63, 3.8) is 0 Å². The number of nitrogens with two attached hydrogens (primary N) is 1. The predicted octanol–water partition coefficient (Wildman–Crippen LogP) is 2.43. The minimum atomic E-state index is 0. The lowest BCUT2D eigenvalue weighted by molar-refractivity contribution is 0.201. The fourth-order valence-electron chi connectivity index (χ4n) is 2.35. The fourth-order valence-corrected chi connectivity index (χ4v) is 2.35. The first-order valence-corrected chi connectivity index (χ1v) is 6.47. The number of nitrogens with zero attached hydrogens (tertiary/aromatic N) is 1. The molecule has 1 saturated heterocycles. The van der Waals surface area contributed by atoms with Gasteiger partial charge in [0.05, 0.1) is 6.61 Å². The molecular formula is C14H23ClN2O. The molecule has 2 N–H and O–H groups in total. The number of likely N-dealkylation sites (tertiary alicyclic amines) is 1. The van der Waals surface area contributed by atoms with Crippen LogP contribution in [0.25, 0.3) is 0 Å². The number of piperidine rings is 1. The topological polar surface area (TPSA) is 38.5 Å². The molecule has 4 heteroatoms.